The van der Waals surface area contributed by atoms with Crippen molar-refractivity contribution in [2.45, 2.75) is 56.1 Å². The first-order valence-electron chi connectivity index (χ1n) is 6.52. The van der Waals surface area contributed by atoms with E-state index in [1.54, 1.807) is 23.1 Å². The zero-order valence-corrected chi connectivity index (χ0v) is 14.4. The van der Waals surface area contributed by atoms with Crippen LogP contribution in [-0.4, -0.2) is 25.5 Å². The average Bonchev–Trinajstić information content (AvgIpc) is 2.82. The summed E-state index contributed by atoms with van der Waals surface area (Å²) in [7, 11) is 1.98. The minimum absolute atomic E-state index is 0.0868. The number of hydrogen-bond acceptors (Lipinski definition) is 6. The smallest absolute Gasteiger partial charge is 0.180 e. The molecule has 2 heterocycles. The predicted molar refractivity (Wildman–Crippen MR) is 83.3 cm³/mol. The van der Waals surface area contributed by atoms with Crippen molar-refractivity contribution in [3.8, 4) is 0 Å². The average molecular weight is 311 g/mol. The minimum Gasteiger partial charge on any atom is -0.308 e. The molecule has 1 N–H and O–H groups in total. The van der Waals surface area contributed by atoms with Crippen LogP contribution >= 0.6 is 23.1 Å². The summed E-state index contributed by atoms with van der Waals surface area (Å²) >= 11 is 3.25. The number of aryl methyl sites for hydroxylation is 3. The van der Waals surface area contributed by atoms with Gasteiger partial charge in [-0.15, -0.1) is 10.2 Å². The van der Waals surface area contributed by atoms with Gasteiger partial charge in [-0.2, -0.15) is 5.10 Å². The van der Waals surface area contributed by atoms with Gasteiger partial charge in [-0.25, -0.2) is 0 Å². The molecule has 0 atom stereocenters. The molecule has 0 aliphatic carbocycles. The summed E-state index contributed by atoms with van der Waals surface area (Å²) in [6, 6.07) is 0. The Morgan fingerprint density at radius 1 is 1.25 bits per heavy atom. The Labute approximate surface area is 128 Å². The van der Waals surface area contributed by atoms with Crippen molar-refractivity contribution in [1.82, 2.24) is 25.3 Å². The summed E-state index contributed by atoms with van der Waals surface area (Å²) in [4.78, 5) is 0. The van der Waals surface area contributed by atoms with Crippen molar-refractivity contribution in [3.63, 3.8) is 0 Å². The molecule has 0 fully saturated rings. The summed E-state index contributed by atoms with van der Waals surface area (Å²) in [5, 5.41) is 18.4. The van der Waals surface area contributed by atoms with Gasteiger partial charge in [0.2, 0.25) is 0 Å². The summed E-state index contributed by atoms with van der Waals surface area (Å²) in [5.74, 6) is 0. The SMILES string of the molecule is Cc1nnc(Sc2c(CNC(C)(C)C)c(C)nn2C)s1. The molecule has 20 heavy (non-hydrogen) atoms. The number of aromatic nitrogens is 4. The van der Waals surface area contributed by atoms with Gasteiger partial charge in [0, 0.05) is 24.7 Å². The van der Waals surface area contributed by atoms with E-state index in [9.17, 15) is 0 Å². The van der Waals surface area contributed by atoms with E-state index >= 15 is 0 Å². The fourth-order valence-corrected chi connectivity index (χ4v) is 3.71. The lowest BCUT2D eigenvalue weighted by Crippen LogP contribution is -2.35. The molecule has 0 amide bonds. The topological polar surface area (TPSA) is 55.6 Å². The third-order valence-corrected chi connectivity index (χ3v) is 4.87. The first-order valence-corrected chi connectivity index (χ1v) is 8.15. The predicted octanol–water partition coefficient (Wildman–Crippen LogP) is 2.93. The van der Waals surface area contributed by atoms with Crippen LogP contribution in [0.1, 0.15) is 37.0 Å². The van der Waals surface area contributed by atoms with Gasteiger partial charge in [0.1, 0.15) is 10.0 Å². The Bertz CT molecular complexity index is 594. The van der Waals surface area contributed by atoms with Gasteiger partial charge in [0.25, 0.3) is 0 Å². The third-order valence-electron chi connectivity index (χ3n) is 2.78. The fraction of sp³-hybridized carbons (Fsp3) is 0.615. The number of rotatable bonds is 4. The van der Waals surface area contributed by atoms with E-state index in [1.807, 2.05) is 18.7 Å². The first-order chi connectivity index (χ1) is 9.26. The second kappa shape index (κ2) is 5.83. The van der Waals surface area contributed by atoms with Gasteiger partial charge in [0.05, 0.1) is 5.69 Å². The highest BCUT2D eigenvalue weighted by Crippen LogP contribution is 2.33. The van der Waals surface area contributed by atoms with Crippen LogP contribution in [0.15, 0.2) is 9.37 Å². The number of nitrogens with one attached hydrogen (secondary N) is 1. The summed E-state index contributed by atoms with van der Waals surface area (Å²) in [6.45, 7) is 11.3. The highest BCUT2D eigenvalue weighted by atomic mass is 32.2. The van der Waals surface area contributed by atoms with Gasteiger partial charge in [0.15, 0.2) is 4.34 Å². The lowest BCUT2D eigenvalue weighted by Gasteiger charge is -2.20. The van der Waals surface area contributed by atoms with E-state index in [-0.39, 0.29) is 5.54 Å². The third kappa shape index (κ3) is 3.80. The van der Waals surface area contributed by atoms with Gasteiger partial charge in [-0.05, 0) is 46.4 Å². The van der Waals surface area contributed by atoms with E-state index < -0.39 is 0 Å². The highest BCUT2D eigenvalue weighted by Gasteiger charge is 2.18. The summed E-state index contributed by atoms with van der Waals surface area (Å²) in [5.41, 5.74) is 2.39. The van der Waals surface area contributed by atoms with E-state index in [4.69, 9.17) is 0 Å². The van der Waals surface area contributed by atoms with Crippen LogP contribution in [0.25, 0.3) is 0 Å². The summed E-state index contributed by atoms with van der Waals surface area (Å²) in [6.07, 6.45) is 0. The van der Waals surface area contributed by atoms with Crippen molar-refractivity contribution in [3.05, 3.63) is 16.3 Å². The van der Waals surface area contributed by atoms with Crippen LogP contribution in [0.5, 0.6) is 0 Å². The molecule has 2 rings (SSSR count). The quantitative estimate of drug-likeness (QED) is 0.941. The van der Waals surface area contributed by atoms with Crippen molar-refractivity contribution >= 4 is 23.1 Å². The molecule has 0 aliphatic rings. The molecule has 2 aromatic rings. The molecule has 0 saturated carbocycles. The van der Waals surface area contributed by atoms with Gasteiger partial charge < -0.3 is 5.32 Å². The van der Waals surface area contributed by atoms with Crippen LogP contribution in [0.2, 0.25) is 0 Å². The monoisotopic (exact) mass is 311 g/mol. The Morgan fingerprint density at radius 3 is 2.50 bits per heavy atom. The van der Waals surface area contributed by atoms with Crippen molar-refractivity contribution in [2.75, 3.05) is 0 Å². The summed E-state index contributed by atoms with van der Waals surface area (Å²) < 4.78 is 2.89. The number of nitrogens with zero attached hydrogens (tertiary/aromatic N) is 4. The molecule has 0 aromatic carbocycles. The van der Waals surface area contributed by atoms with E-state index in [1.165, 1.54) is 5.56 Å². The first kappa shape index (κ1) is 15.5. The van der Waals surface area contributed by atoms with E-state index in [2.05, 4.69) is 48.3 Å². The molecular formula is C13H21N5S2. The van der Waals surface area contributed by atoms with Crippen LogP contribution in [0, 0.1) is 13.8 Å². The molecule has 110 valence electrons. The van der Waals surface area contributed by atoms with Crippen LogP contribution in [-0.2, 0) is 13.6 Å². The van der Waals surface area contributed by atoms with Gasteiger partial charge >= 0.3 is 0 Å². The van der Waals surface area contributed by atoms with Gasteiger partial charge in [-0.3, -0.25) is 4.68 Å². The molecule has 0 saturated heterocycles. The maximum Gasteiger partial charge on any atom is 0.180 e. The van der Waals surface area contributed by atoms with Gasteiger partial charge in [-0.1, -0.05) is 11.3 Å². The second-order valence-corrected chi connectivity index (χ2v) is 8.20. The zero-order valence-electron chi connectivity index (χ0n) is 12.8. The lowest BCUT2D eigenvalue weighted by atomic mass is 10.1. The van der Waals surface area contributed by atoms with Crippen molar-refractivity contribution in [1.29, 1.82) is 0 Å². The largest absolute Gasteiger partial charge is 0.308 e. The Morgan fingerprint density at radius 2 is 1.95 bits per heavy atom. The molecule has 0 unspecified atom stereocenters. The molecule has 7 heteroatoms. The maximum atomic E-state index is 4.53. The lowest BCUT2D eigenvalue weighted by molar-refractivity contribution is 0.421. The van der Waals surface area contributed by atoms with E-state index in [0.717, 1.165) is 26.6 Å². The van der Waals surface area contributed by atoms with Crippen LogP contribution < -0.4 is 5.32 Å². The van der Waals surface area contributed by atoms with Crippen LogP contribution in [0.3, 0.4) is 0 Å². The molecule has 0 aliphatic heterocycles. The normalized spacial score (nSPS) is 12.1. The highest BCUT2D eigenvalue weighted by molar-refractivity contribution is 8.01. The maximum absolute atomic E-state index is 4.53. The Balaban J connectivity index is 2.23. The molecule has 0 spiro atoms. The standard InChI is InChI=1S/C13H21N5S2/c1-8-10(7-14-13(3,4)5)11(18(6)17-8)20-12-16-15-9(2)19-12/h14H,7H2,1-6H3. The molecule has 0 bridgehead atoms. The van der Waals surface area contributed by atoms with Crippen molar-refractivity contribution < 1.29 is 0 Å². The zero-order chi connectivity index (χ0) is 14.9. The minimum atomic E-state index is 0.0868. The molecule has 0 radical (unpaired) electrons. The molecule has 2 aromatic heterocycles. The molecular weight excluding hydrogens is 290 g/mol. The van der Waals surface area contributed by atoms with Crippen molar-refractivity contribution in [2.24, 2.45) is 7.05 Å². The van der Waals surface area contributed by atoms with E-state index in [0.29, 0.717) is 0 Å². The fourth-order valence-electron chi connectivity index (χ4n) is 1.77. The Hall–Kier alpha value is -0.920. The second-order valence-electron chi connectivity index (χ2n) is 5.79. The Kier molecular flexibility index (Phi) is 4.51. The molecule has 5 nitrogen and oxygen atoms in total. The number of hydrogen-bond donors (Lipinski definition) is 1. The van der Waals surface area contributed by atoms with Crippen LogP contribution in [0.4, 0.5) is 0 Å².